The first kappa shape index (κ1) is 23.7. The normalized spacial score (nSPS) is 10.9. The number of hydrogen-bond acceptors (Lipinski definition) is 2. The van der Waals surface area contributed by atoms with Gasteiger partial charge in [-0.15, -0.1) is 0 Å². The monoisotopic (exact) mass is 504 g/mol. The largest absolute Gasteiger partial charge is 0.233 e. The Bertz CT molecular complexity index is 1650. The maximum absolute atomic E-state index is 5.67. The summed E-state index contributed by atoms with van der Waals surface area (Å²) in [5.41, 5.74) is 3.71. The van der Waals surface area contributed by atoms with E-state index in [-0.39, 0.29) is 0 Å². The first-order valence-corrected chi connectivity index (χ1v) is 14.3. The molecule has 3 heteroatoms. The molecule has 0 saturated heterocycles. The van der Waals surface area contributed by atoms with Crippen LogP contribution in [0.25, 0.3) is 11.3 Å². The van der Waals surface area contributed by atoms with E-state index < -0.39 is 7.05 Å². The summed E-state index contributed by atoms with van der Waals surface area (Å²) in [5.74, 6) is 7.49. The number of benzene rings is 4. The standard InChI is InChI=1S/C35H25N2P/c1-6-16-28(17-7-1)26-27-33-32-24-14-5-15-25-34(32)36-35(33)37-38(29-18-8-2-9-19-29,30-20-10-3-11-21-30)31-22-12-4-13-23-31/h1-25H. The second-order valence-electron chi connectivity index (χ2n) is 8.88. The van der Waals surface area contributed by atoms with Gasteiger partial charge in [0.05, 0.1) is 18.3 Å². The first-order chi connectivity index (χ1) is 18.8. The average molecular weight is 505 g/mol. The van der Waals surface area contributed by atoms with E-state index in [4.69, 9.17) is 9.73 Å². The SMILES string of the molecule is C(#Cc1c2cccccc-2nc1N=P(c1ccccc1)(c1ccccc1)c1ccccc1)c1ccccc1. The van der Waals surface area contributed by atoms with E-state index >= 15 is 0 Å². The van der Waals surface area contributed by atoms with Gasteiger partial charge in [-0.05, 0) is 18.2 Å². The van der Waals surface area contributed by atoms with Crippen LogP contribution >= 0.6 is 7.05 Å². The zero-order valence-corrected chi connectivity index (χ0v) is 21.7. The summed E-state index contributed by atoms with van der Waals surface area (Å²) in [6.07, 6.45) is 0. The summed E-state index contributed by atoms with van der Waals surface area (Å²) in [4.78, 5) is 5.08. The molecule has 1 heterocycles. The Morgan fingerprint density at radius 2 is 0.921 bits per heavy atom. The molecule has 1 aliphatic carbocycles. The van der Waals surface area contributed by atoms with Gasteiger partial charge in [0.25, 0.3) is 0 Å². The Kier molecular flexibility index (Phi) is 6.69. The van der Waals surface area contributed by atoms with Crippen LogP contribution in [-0.2, 0) is 0 Å². The summed E-state index contributed by atoms with van der Waals surface area (Å²) in [6, 6.07) is 52.1. The Morgan fingerprint density at radius 1 is 0.474 bits per heavy atom. The van der Waals surface area contributed by atoms with E-state index in [0.29, 0.717) is 5.82 Å². The first-order valence-electron chi connectivity index (χ1n) is 12.6. The zero-order chi connectivity index (χ0) is 25.6. The van der Waals surface area contributed by atoms with Crippen LogP contribution < -0.4 is 15.9 Å². The minimum absolute atomic E-state index is 0.680. The van der Waals surface area contributed by atoms with Crippen molar-refractivity contribution in [2.75, 3.05) is 0 Å². The Balaban J connectivity index is 1.72. The van der Waals surface area contributed by atoms with E-state index in [2.05, 4.69) is 109 Å². The van der Waals surface area contributed by atoms with Crippen LogP contribution in [-0.4, -0.2) is 4.98 Å². The van der Waals surface area contributed by atoms with Gasteiger partial charge in [-0.3, -0.25) is 0 Å². The molecule has 0 atom stereocenters. The van der Waals surface area contributed by atoms with E-state index in [9.17, 15) is 0 Å². The van der Waals surface area contributed by atoms with Gasteiger partial charge in [0, 0.05) is 27.0 Å². The van der Waals surface area contributed by atoms with Crippen LogP contribution in [0.15, 0.2) is 156 Å². The minimum atomic E-state index is -2.48. The van der Waals surface area contributed by atoms with Crippen molar-refractivity contribution in [3.05, 3.63) is 163 Å². The molecule has 0 N–H and O–H groups in total. The summed E-state index contributed by atoms with van der Waals surface area (Å²) >= 11 is 0. The maximum Gasteiger partial charge on any atom is 0.168 e. The quantitative estimate of drug-likeness (QED) is 0.181. The molecule has 0 bridgehead atoms. The lowest BCUT2D eigenvalue weighted by molar-refractivity contribution is 1.35. The van der Waals surface area contributed by atoms with Gasteiger partial charge in [0.1, 0.15) is 0 Å². The predicted molar refractivity (Wildman–Crippen MR) is 161 cm³/mol. The van der Waals surface area contributed by atoms with Crippen molar-refractivity contribution in [2.45, 2.75) is 0 Å². The lowest BCUT2D eigenvalue weighted by atomic mass is 10.1. The molecule has 0 unspecified atom stereocenters. The molecule has 0 saturated carbocycles. The van der Waals surface area contributed by atoms with Crippen LogP contribution in [0.1, 0.15) is 11.1 Å². The Morgan fingerprint density at radius 3 is 1.45 bits per heavy atom. The van der Waals surface area contributed by atoms with Gasteiger partial charge < -0.3 is 0 Å². The molecule has 4 aromatic carbocycles. The Hall–Kier alpha value is -4.70. The van der Waals surface area contributed by atoms with Crippen LogP contribution in [0.2, 0.25) is 0 Å². The second-order valence-corrected chi connectivity index (χ2v) is 11.9. The lowest BCUT2D eigenvalue weighted by Crippen LogP contribution is -2.25. The average Bonchev–Trinajstić information content (AvgIpc) is 3.14. The molecule has 4 aromatic rings. The van der Waals surface area contributed by atoms with Crippen molar-refractivity contribution >= 4 is 28.8 Å². The van der Waals surface area contributed by atoms with Gasteiger partial charge in [0.15, 0.2) is 5.82 Å². The molecular weight excluding hydrogens is 479 g/mol. The molecule has 2 aliphatic rings. The molecule has 2 nitrogen and oxygen atoms in total. The second kappa shape index (κ2) is 10.7. The molecular formula is C35H25N2P. The van der Waals surface area contributed by atoms with Gasteiger partial charge in [0.2, 0.25) is 0 Å². The van der Waals surface area contributed by atoms with Crippen LogP contribution in [0.4, 0.5) is 5.82 Å². The summed E-state index contributed by atoms with van der Waals surface area (Å²) in [7, 11) is -2.48. The van der Waals surface area contributed by atoms with Crippen molar-refractivity contribution in [3.63, 3.8) is 0 Å². The summed E-state index contributed by atoms with van der Waals surface area (Å²) in [5, 5.41) is 3.53. The topological polar surface area (TPSA) is 25.2 Å². The van der Waals surface area contributed by atoms with Crippen LogP contribution in [0, 0.1) is 11.8 Å². The Labute approximate surface area is 224 Å². The number of rotatable bonds is 4. The number of aromatic nitrogens is 1. The smallest absolute Gasteiger partial charge is 0.168 e. The molecule has 0 fully saturated rings. The third kappa shape index (κ3) is 4.57. The van der Waals surface area contributed by atoms with E-state index in [1.165, 1.54) is 15.9 Å². The highest BCUT2D eigenvalue weighted by Crippen LogP contribution is 2.50. The lowest BCUT2D eigenvalue weighted by Gasteiger charge is -2.26. The number of nitrogens with zero attached hydrogens (tertiary/aromatic N) is 2. The molecule has 180 valence electrons. The van der Waals surface area contributed by atoms with Crippen LogP contribution in [0.5, 0.6) is 0 Å². The fourth-order valence-corrected chi connectivity index (χ4v) is 8.16. The van der Waals surface area contributed by atoms with Gasteiger partial charge >= 0.3 is 0 Å². The molecule has 1 aliphatic heterocycles. The van der Waals surface area contributed by atoms with Gasteiger partial charge in [-0.1, -0.05) is 145 Å². The minimum Gasteiger partial charge on any atom is -0.233 e. The molecule has 0 aromatic heterocycles. The fourth-order valence-electron chi connectivity index (χ4n) is 4.68. The van der Waals surface area contributed by atoms with Crippen molar-refractivity contribution < 1.29 is 0 Å². The summed E-state index contributed by atoms with van der Waals surface area (Å²) in [6.45, 7) is 0. The highest BCUT2D eigenvalue weighted by molar-refractivity contribution is 7.87. The van der Waals surface area contributed by atoms with Gasteiger partial charge in [-0.25, -0.2) is 9.73 Å². The highest BCUT2D eigenvalue weighted by atomic mass is 31.2. The molecule has 6 rings (SSSR count). The van der Waals surface area contributed by atoms with Crippen molar-refractivity contribution in [2.24, 2.45) is 4.74 Å². The van der Waals surface area contributed by atoms with E-state index in [1.807, 2.05) is 54.6 Å². The van der Waals surface area contributed by atoms with Crippen molar-refractivity contribution in [1.82, 2.24) is 4.98 Å². The number of hydrogen-bond donors (Lipinski definition) is 0. The van der Waals surface area contributed by atoms with E-state index in [1.54, 1.807) is 0 Å². The highest BCUT2D eigenvalue weighted by Gasteiger charge is 2.29. The molecule has 0 spiro atoms. The third-order valence-electron chi connectivity index (χ3n) is 6.47. The molecule has 38 heavy (non-hydrogen) atoms. The molecule has 0 radical (unpaired) electrons. The maximum atomic E-state index is 5.67. The van der Waals surface area contributed by atoms with Crippen molar-refractivity contribution in [1.29, 1.82) is 0 Å². The van der Waals surface area contributed by atoms with E-state index in [0.717, 1.165) is 22.4 Å². The van der Waals surface area contributed by atoms with Crippen molar-refractivity contribution in [3.8, 4) is 23.1 Å². The fraction of sp³-hybridized carbons (Fsp3) is 0. The molecule has 0 amide bonds. The number of fused-ring (bicyclic) bond motifs is 1. The van der Waals surface area contributed by atoms with Gasteiger partial charge in [-0.2, -0.15) is 0 Å². The third-order valence-corrected chi connectivity index (χ3v) is 10.1. The zero-order valence-electron chi connectivity index (χ0n) is 20.8. The predicted octanol–water partition coefficient (Wildman–Crippen LogP) is 7.40. The van der Waals surface area contributed by atoms with Crippen LogP contribution in [0.3, 0.4) is 0 Å². The summed E-state index contributed by atoms with van der Waals surface area (Å²) < 4.78 is 5.67.